The van der Waals surface area contributed by atoms with Crippen LogP contribution in [0.2, 0.25) is 0 Å². The molecular weight excluding hydrogens is 394 g/mol. The van der Waals surface area contributed by atoms with Crippen molar-refractivity contribution < 1.29 is 33.5 Å². The van der Waals surface area contributed by atoms with Crippen LogP contribution in [0.5, 0.6) is 0 Å². The molecule has 0 aliphatic heterocycles. The van der Waals surface area contributed by atoms with Crippen molar-refractivity contribution in [1.29, 1.82) is 0 Å². The largest absolute Gasteiger partial charge is 0.469 e. The Morgan fingerprint density at radius 3 is 1.90 bits per heavy atom. The number of amides is 2. The molecule has 0 aromatic carbocycles. The Morgan fingerprint density at radius 2 is 1.43 bits per heavy atom. The van der Waals surface area contributed by atoms with E-state index in [2.05, 4.69) is 20.7 Å². The van der Waals surface area contributed by atoms with Crippen LogP contribution in [0.4, 0.5) is 0 Å². The van der Waals surface area contributed by atoms with E-state index in [1.54, 1.807) is 14.0 Å². The van der Waals surface area contributed by atoms with Gasteiger partial charge in [0.15, 0.2) is 0 Å². The fourth-order valence-electron chi connectivity index (χ4n) is 2.83. The van der Waals surface area contributed by atoms with Gasteiger partial charge >= 0.3 is 5.97 Å². The van der Waals surface area contributed by atoms with Gasteiger partial charge in [0.1, 0.15) is 17.9 Å². The number of rotatable bonds is 16. The normalized spacial score (nSPS) is 13.5. The summed E-state index contributed by atoms with van der Waals surface area (Å²) in [7, 11) is 2.85. The van der Waals surface area contributed by atoms with E-state index in [1.165, 1.54) is 14.0 Å². The molecule has 2 amide bonds. The summed E-state index contributed by atoms with van der Waals surface area (Å²) < 4.78 is 4.58. The molecule has 0 aliphatic carbocycles. The highest BCUT2D eigenvalue weighted by molar-refractivity contribution is 5.84. The van der Waals surface area contributed by atoms with Gasteiger partial charge in [0.05, 0.1) is 13.5 Å². The minimum atomic E-state index is -0.745. The second-order valence-electron chi connectivity index (χ2n) is 7.11. The molecule has 10 nitrogen and oxygen atoms in total. The van der Waals surface area contributed by atoms with Gasteiger partial charge in [0.25, 0.3) is 0 Å². The van der Waals surface area contributed by atoms with Gasteiger partial charge in [0, 0.05) is 56.7 Å². The molecular formula is C20H33N3O7. The average Bonchev–Trinajstić information content (AvgIpc) is 2.66. The minimum absolute atomic E-state index is 0.00254. The van der Waals surface area contributed by atoms with Crippen molar-refractivity contribution in [2.45, 2.75) is 76.9 Å². The second-order valence-corrected chi connectivity index (χ2v) is 7.11. The number of carbonyl (C=O) groups excluding carboxylic acids is 6. The summed E-state index contributed by atoms with van der Waals surface area (Å²) >= 11 is 0. The summed E-state index contributed by atoms with van der Waals surface area (Å²) in [5.41, 5.74) is 0. The summed E-state index contributed by atoms with van der Waals surface area (Å²) in [6, 6.07) is -1.82. The van der Waals surface area contributed by atoms with E-state index in [0.717, 1.165) is 0 Å². The van der Waals surface area contributed by atoms with Crippen molar-refractivity contribution in [2.75, 3.05) is 14.2 Å². The molecule has 3 N–H and O–H groups in total. The Morgan fingerprint density at radius 1 is 0.867 bits per heavy atom. The predicted molar refractivity (Wildman–Crippen MR) is 108 cm³/mol. The number of carbonyl (C=O) groups is 6. The fourth-order valence-corrected chi connectivity index (χ4v) is 2.83. The Labute approximate surface area is 176 Å². The lowest BCUT2D eigenvalue weighted by molar-refractivity contribution is -0.141. The van der Waals surface area contributed by atoms with Crippen molar-refractivity contribution in [3.63, 3.8) is 0 Å². The third kappa shape index (κ3) is 12.8. The monoisotopic (exact) mass is 427 g/mol. The topological polar surface area (TPSA) is 148 Å². The molecule has 0 spiro atoms. The van der Waals surface area contributed by atoms with Crippen LogP contribution in [0, 0.1) is 0 Å². The van der Waals surface area contributed by atoms with E-state index in [-0.39, 0.29) is 50.1 Å². The Kier molecular flexibility index (Phi) is 13.9. The van der Waals surface area contributed by atoms with E-state index in [0.29, 0.717) is 12.7 Å². The quantitative estimate of drug-likeness (QED) is 0.227. The van der Waals surface area contributed by atoms with E-state index in [1.807, 2.05) is 0 Å². The first-order chi connectivity index (χ1) is 14.1. The molecule has 0 rings (SSSR count). The molecule has 0 aliphatic rings. The number of hydrogen-bond acceptors (Lipinski definition) is 8. The van der Waals surface area contributed by atoms with Crippen LogP contribution in [-0.4, -0.2) is 67.9 Å². The van der Waals surface area contributed by atoms with Crippen molar-refractivity contribution in [3.8, 4) is 0 Å². The first kappa shape index (κ1) is 27.4. The highest BCUT2D eigenvalue weighted by atomic mass is 16.5. The Bertz CT molecular complexity index is 622. The Hall–Kier alpha value is -2.62. The number of methoxy groups -OCH3 is 1. The van der Waals surface area contributed by atoms with Crippen LogP contribution < -0.4 is 16.0 Å². The molecule has 170 valence electrons. The third-order valence-corrected chi connectivity index (χ3v) is 4.43. The van der Waals surface area contributed by atoms with Gasteiger partial charge in [-0.05, 0) is 14.0 Å². The molecule has 0 heterocycles. The molecule has 0 bridgehead atoms. The lowest BCUT2D eigenvalue weighted by atomic mass is 10.0. The number of esters is 1. The number of aldehydes is 1. The zero-order valence-corrected chi connectivity index (χ0v) is 18.1. The first-order valence-corrected chi connectivity index (χ1v) is 9.92. The maximum absolute atomic E-state index is 12.4. The molecule has 10 heteroatoms. The van der Waals surface area contributed by atoms with Crippen LogP contribution in [0.25, 0.3) is 0 Å². The smallest absolute Gasteiger partial charge is 0.307 e. The van der Waals surface area contributed by atoms with Gasteiger partial charge in [-0.15, -0.1) is 0 Å². The summed E-state index contributed by atoms with van der Waals surface area (Å²) in [5.74, 6) is -1.62. The maximum atomic E-state index is 12.4. The third-order valence-electron chi connectivity index (χ3n) is 4.43. The first-order valence-electron chi connectivity index (χ1n) is 9.92. The molecule has 0 radical (unpaired) electrons. The zero-order valence-electron chi connectivity index (χ0n) is 18.1. The standard InChI is InChI=1S/C20H33N3O7/c1-5-17(26)9-16(8-13(2)25)23-18(27)10-14(6-7-24)22-19(28)11-15(21-3)12-20(29)30-4/h7,14-16,21H,5-6,8-12H2,1-4H3,(H,22,28)(H,23,27). The minimum Gasteiger partial charge on any atom is -0.469 e. The average molecular weight is 427 g/mol. The summed E-state index contributed by atoms with van der Waals surface area (Å²) in [4.78, 5) is 70.0. The number of ether oxygens (including phenoxy) is 1. The number of Topliss-reactive ketones (excluding diaryl/α,β-unsaturated/α-hetero) is 2. The van der Waals surface area contributed by atoms with Gasteiger partial charge in [-0.1, -0.05) is 6.92 Å². The maximum Gasteiger partial charge on any atom is 0.307 e. The van der Waals surface area contributed by atoms with Crippen LogP contribution in [0.15, 0.2) is 0 Å². The molecule has 0 saturated heterocycles. The fraction of sp³-hybridized carbons (Fsp3) is 0.700. The highest BCUT2D eigenvalue weighted by Gasteiger charge is 2.23. The van der Waals surface area contributed by atoms with Crippen molar-refractivity contribution in [1.82, 2.24) is 16.0 Å². The van der Waals surface area contributed by atoms with Gasteiger partial charge in [-0.2, -0.15) is 0 Å². The molecule has 0 aromatic heterocycles. The van der Waals surface area contributed by atoms with Gasteiger partial charge in [0.2, 0.25) is 11.8 Å². The zero-order chi connectivity index (χ0) is 23.1. The van der Waals surface area contributed by atoms with Crippen LogP contribution in [-0.2, 0) is 33.5 Å². The van der Waals surface area contributed by atoms with Crippen LogP contribution >= 0.6 is 0 Å². The molecule has 0 saturated carbocycles. The van der Waals surface area contributed by atoms with Crippen molar-refractivity contribution in [2.24, 2.45) is 0 Å². The number of nitrogens with one attached hydrogen (secondary N) is 3. The van der Waals surface area contributed by atoms with Crippen LogP contribution in [0.3, 0.4) is 0 Å². The number of hydrogen-bond donors (Lipinski definition) is 3. The molecule has 3 unspecified atom stereocenters. The van der Waals surface area contributed by atoms with Crippen molar-refractivity contribution >= 4 is 35.6 Å². The van der Waals surface area contributed by atoms with E-state index in [4.69, 9.17) is 0 Å². The van der Waals surface area contributed by atoms with Gasteiger partial charge in [-0.25, -0.2) is 0 Å². The molecule has 0 aromatic rings. The summed E-state index contributed by atoms with van der Waals surface area (Å²) in [6.45, 7) is 3.07. The lowest BCUT2D eigenvalue weighted by Gasteiger charge is -2.21. The van der Waals surface area contributed by atoms with Crippen molar-refractivity contribution in [3.05, 3.63) is 0 Å². The predicted octanol–water partition coefficient (Wildman–Crippen LogP) is -0.175. The highest BCUT2D eigenvalue weighted by Crippen LogP contribution is 2.06. The number of ketones is 2. The summed E-state index contributed by atoms with van der Waals surface area (Å²) in [5, 5.41) is 8.09. The summed E-state index contributed by atoms with van der Waals surface area (Å²) in [6.07, 6.45) is 0.662. The molecule has 30 heavy (non-hydrogen) atoms. The van der Waals surface area contributed by atoms with E-state index < -0.39 is 35.9 Å². The van der Waals surface area contributed by atoms with E-state index >= 15 is 0 Å². The van der Waals surface area contributed by atoms with E-state index in [9.17, 15) is 28.8 Å². The van der Waals surface area contributed by atoms with Gasteiger partial charge in [-0.3, -0.25) is 24.0 Å². The lowest BCUT2D eigenvalue weighted by Crippen LogP contribution is -2.44. The molecule has 0 fully saturated rings. The SMILES string of the molecule is CCC(=O)CC(CC(C)=O)NC(=O)CC(CC=O)NC(=O)CC(CC(=O)OC)NC. The Balaban J connectivity index is 4.86. The van der Waals surface area contributed by atoms with Gasteiger partial charge < -0.3 is 25.5 Å². The van der Waals surface area contributed by atoms with Crippen LogP contribution in [0.1, 0.15) is 58.8 Å². The second kappa shape index (κ2) is 15.3. The molecule has 3 atom stereocenters.